The van der Waals surface area contributed by atoms with Crippen LogP contribution in [0.5, 0.6) is 0 Å². The third-order valence-electron chi connectivity index (χ3n) is 5.85. The highest BCUT2D eigenvalue weighted by Gasteiger charge is 2.54. The van der Waals surface area contributed by atoms with Crippen molar-refractivity contribution in [3.05, 3.63) is 35.6 Å². The van der Waals surface area contributed by atoms with Crippen molar-refractivity contribution in [2.75, 3.05) is 13.1 Å². The van der Waals surface area contributed by atoms with Crippen molar-refractivity contribution in [1.29, 1.82) is 0 Å². The lowest BCUT2D eigenvalue weighted by Gasteiger charge is -2.59. The molecule has 2 bridgehead atoms. The van der Waals surface area contributed by atoms with Crippen LogP contribution in [0.4, 0.5) is 17.6 Å². The molecule has 1 saturated carbocycles. The fourth-order valence-corrected chi connectivity index (χ4v) is 3.87. The van der Waals surface area contributed by atoms with Gasteiger partial charge in [-0.2, -0.15) is 13.2 Å². The number of halogens is 4. The van der Waals surface area contributed by atoms with E-state index in [0.29, 0.717) is 13.1 Å². The van der Waals surface area contributed by atoms with E-state index >= 15 is 0 Å². The molecule has 1 aromatic carbocycles. The summed E-state index contributed by atoms with van der Waals surface area (Å²) in [5.74, 6) is -2.79. The van der Waals surface area contributed by atoms with E-state index < -0.39 is 29.8 Å². The Kier molecular flexibility index (Phi) is 4.48. The normalized spacial score (nSPS) is 25.2. The molecule has 2 amide bonds. The molecule has 3 atom stereocenters. The smallest absolute Gasteiger partial charge is 0.340 e. The summed E-state index contributed by atoms with van der Waals surface area (Å²) in [4.78, 5) is 25.8. The second-order valence-electron chi connectivity index (χ2n) is 7.65. The van der Waals surface area contributed by atoms with Gasteiger partial charge in [-0.25, -0.2) is 4.39 Å². The predicted octanol–water partition coefficient (Wildman–Crippen LogP) is 3.05. The molecule has 3 aliphatic rings. The highest BCUT2D eigenvalue weighted by molar-refractivity contribution is 5.90. The van der Waals surface area contributed by atoms with E-state index in [9.17, 15) is 27.2 Å². The van der Waals surface area contributed by atoms with Crippen molar-refractivity contribution in [3.8, 4) is 0 Å². The molecule has 1 aliphatic carbocycles. The molecule has 142 valence electrons. The predicted molar refractivity (Wildman–Crippen MR) is 85.3 cm³/mol. The van der Waals surface area contributed by atoms with Gasteiger partial charge in [0.05, 0.1) is 0 Å². The van der Waals surface area contributed by atoms with Gasteiger partial charge in [0.25, 0.3) is 0 Å². The summed E-state index contributed by atoms with van der Waals surface area (Å²) < 4.78 is 51.1. The monoisotopic (exact) mass is 372 g/mol. The maximum atomic E-state index is 13.1. The first-order valence-electron chi connectivity index (χ1n) is 8.42. The van der Waals surface area contributed by atoms with Crippen LogP contribution in [0.25, 0.3) is 0 Å². The molecular formula is C18H20F4N2O2. The minimum Gasteiger partial charge on any atom is -0.340 e. The summed E-state index contributed by atoms with van der Waals surface area (Å²) in [5.41, 5.74) is 0.227. The van der Waals surface area contributed by atoms with Crippen LogP contribution in [0.15, 0.2) is 24.3 Å². The average Bonchev–Trinajstić information content (AvgIpc) is 2.59. The number of benzene rings is 1. The van der Waals surface area contributed by atoms with Crippen LogP contribution < -0.4 is 5.32 Å². The molecule has 26 heavy (non-hydrogen) atoms. The molecule has 4 nitrogen and oxygen atoms in total. The molecule has 1 aromatic rings. The number of nitrogens with zero attached hydrogens (tertiary/aromatic N) is 1. The first-order chi connectivity index (χ1) is 12.0. The highest BCUT2D eigenvalue weighted by atomic mass is 19.4. The third kappa shape index (κ3) is 3.29. The molecule has 8 heteroatoms. The number of hydrogen-bond donors (Lipinski definition) is 1. The van der Waals surface area contributed by atoms with Crippen molar-refractivity contribution in [2.45, 2.75) is 32.5 Å². The third-order valence-corrected chi connectivity index (χ3v) is 5.85. The van der Waals surface area contributed by atoms with E-state index in [1.54, 1.807) is 5.32 Å². The molecule has 0 aromatic heterocycles. The van der Waals surface area contributed by atoms with Gasteiger partial charge < -0.3 is 10.2 Å². The number of carbonyl (C=O) groups excluding carboxylic acids is 2. The van der Waals surface area contributed by atoms with Gasteiger partial charge in [0, 0.05) is 13.1 Å². The molecule has 0 spiro atoms. The molecule has 2 heterocycles. The summed E-state index contributed by atoms with van der Waals surface area (Å²) >= 11 is 0. The van der Waals surface area contributed by atoms with E-state index in [2.05, 4.69) is 13.8 Å². The first kappa shape index (κ1) is 18.7. The molecule has 0 unspecified atom stereocenters. The zero-order valence-electron chi connectivity index (χ0n) is 14.4. The van der Waals surface area contributed by atoms with Crippen LogP contribution >= 0.6 is 0 Å². The zero-order chi connectivity index (χ0) is 19.3. The lowest BCUT2D eigenvalue weighted by Crippen LogP contribution is -2.62. The second kappa shape index (κ2) is 6.25. The number of amides is 2. The van der Waals surface area contributed by atoms with E-state index in [1.165, 1.54) is 17.0 Å². The Morgan fingerprint density at radius 2 is 1.69 bits per heavy atom. The lowest BCUT2D eigenvalue weighted by molar-refractivity contribution is -0.176. The Labute approximate surface area is 148 Å². The number of alkyl halides is 3. The Bertz CT molecular complexity index is 701. The fourth-order valence-electron chi connectivity index (χ4n) is 3.87. The van der Waals surface area contributed by atoms with E-state index in [-0.39, 0.29) is 22.8 Å². The van der Waals surface area contributed by atoms with Gasteiger partial charge in [-0.3, -0.25) is 9.59 Å². The number of hydrogen-bond acceptors (Lipinski definition) is 2. The standard InChI is InChI=1S/C18H20F4N2O2/c1-17(2)11-7-12(17)9-24(8-11)15(25)14(23-16(26)18(20,21)22)10-3-5-13(19)6-4-10/h3-6,11-12,14H,7-9H2,1-2H3,(H,23,26)/t11-,12+,14-/m0/s1. The average molecular weight is 372 g/mol. The summed E-state index contributed by atoms with van der Waals surface area (Å²) in [6.45, 7) is 5.14. The van der Waals surface area contributed by atoms with E-state index in [4.69, 9.17) is 0 Å². The first-order valence-corrected chi connectivity index (χ1v) is 8.42. The van der Waals surface area contributed by atoms with Gasteiger partial charge in [-0.05, 0) is 41.4 Å². The minimum absolute atomic E-state index is 0.109. The van der Waals surface area contributed by atoms with Gasteiger partial charge in [0.2, 0.25) is 5.91 Å². The summed E-state index contributed by atoms with van der Waals surface area (Å²) in [6, 6.07) is 3.02. The van der Waals surface area contributed by atoms with Gasteiger partial charge in [-0.1, -0.05) is 26.0 Å². The van der Waals surface area contributed by atoms with Crippen molar-refractivity contribution in [2.24, 2.45) is 17.3 Å². The largest absolute Gasteiger partial charge is 0.471 e. The van der Waals surface area contributed by atoms with Gasteiger partial charge in [-0.15, -0.1) is 0 Å². The van der Waals surface area contributed by atoms with Crippen LogP contribution in [0.2, 0.25) is 0 Å². The molecule has 1 N–H and O–H groups in total. The van der Waals surface area contributed by atoms with Crippen molar-refractivity contribution in [1.82, 2.24) is 10.2 Å². The lowest BCUT2D eigenvalue weighted by atomic mass is 9.52. The SMILES string of the molecule is CC1(C)[C@@H]2C[C@H]1CN(C(=O)[C@@H](NC(=O)C(F)(F)F)c1ccc(F)cc1)C2. The summed E-state index contributed by atoms with van der Waals surface area (Å²) in [6.07, 6.45) is -4.11. The number of rotatable bonds is 3. The van der Waals surface area contributed by atoms with E-state index in [0.717, 1.165) is 18.6 Å². The number of piperidine rings is 2. The maximum Gasteiger partial charge on any atom is 0.471 e. The quantitative estimate of drug-likeness (QED) is 0.830. The molecular weight excluding hydrogens is 352 g/mol. The summed E-state index contributed by atoms with van der Waals surface area (Å²) in [5, 5.41) is 1.76. The zero-order valence-corrected chi connectivity index (χ0v) is 14.4. The van der Waals surface area contributed by atoms with Crippen LogP contribution in [-0.4, -0.2) is 36.0 Å². The van der Waals surface area contributed by atoms with Crippen LogP contribution in [0.3, 0.4) is 0 Å². The molecule has 0 radical (unpaired) electrons. The van der Waals surface area contributed by atoms with Crippen molar-refractivity contribution in [3.63, 3.8) is 0 Å². The number of carbonyl (C=O) groups is 2. The Morgan fingerprint density at radius 3 is 2.15 bits per heavy atom. The Morgan fingerprint density at radius 1 is 1.15 bits per heavy atom. The van der Waals surface area contributed by atoms with Crippen LogP contribution in [0, 0.1) is 23.1 Å². The minimum atomic E-state index is -5.11. The Hall–Kier alpha value is -2.12. The molecule has 2 aliphatic heterocycles. The van der Waals surface area contributed by atoms with Crippen LogP contribution in [0.1, 0.15) is 31.9 Å². The maximum absolute atomic E-state index is 13.1. The number of fused-ring (bicyclic) bond motifs is 2. The molecule has 2 saturated heterocycles. The molecule has 3 fully saturated rings. The van der Waals surface area contributed by atoms with E-state index in [1.807, 2.05) is 0 Å². The van der Waals surface area contributed by atoms with Crippen LogP contribution in [-0.2, 0) is 9.59 Å². The van der Waals surface area contributed by atoms with Gasteiger partial charge >= 0.3 is 12.1 Å². The number of nitrogens with one attached hydrogen (secondary N) is 1. The topological polar surface area (TPSA) is 49.4 Å². The summed E-state index contributed by atoms with van der Waals surface area (Å²) in [7, 11) is 0. The highest BCUT2D eigenvalue weighted by Crippen LogP contribution is 2.55. The van der Waals surface area contributed by atoms with Gasteiger partial charge in [0.1, 0.15) is 11.9 Å². The molecule has 4 rings (SSSR count). The fraction of sp³-hybridized carbons (Fsp3) is 0.556. The van der Waals surface area contributed by atoms with Crippen molar-refractivity contribution >= 4 is 11.8 Å². The van der Waals surface area contributed by atoms with Gasteiger partial charge in [0.15, 0.2) is 0 Å². The second-order valence-corrected chi connectivity index (χ2v) is 7.65. The Balaban J connectivity index is 1.82. The van der Waals surface area contributed by atoms with Crippen molar-refractivity contribution < 1.29 is 27.2 Å².